The van der Waals surface area contributed by atoms with Crippen molar-refractivity contribution in [2.24, 2.45) is 0 Å². The van der Waals surface area contributed by atoms with Gasteiger partial charge in [-0.25, -0.2) is 0 Å². The van der Waals surface area contributed by atoms with E-state index in [4.69, 9.17) is 5.73 Å². The zero-order valence-electron chi connectivity index (χ0n) is 6.11. The van der Waals surface area contributed by atoms with Crippen molar-refractivity contribution in [3.63, 3.8) is 0 Å². The molecule has 0 amide bonds. The van der Waals surface area contributed by atoms with Gasteiger partial charge in [-0.3, -0.25) is 0 Å². The van der Waals surface area contributed by atoms with Gasteiger partial charge in [-0.05, 0) is 40.9 Å². The summed E-state index contributed by atoms with van der Waals surface area (Å²) in [5.74, 6) is 0. The molecule has 0 spiro atoms. The molecule has 0 radical (unpaired) electrons. The fraction of sp³-hybridized carbons (Fsp3) is 0.250. The smallest absolute Gasteiger partial charge is 0.0490 e. The number of halogens is 1. The lowest BCUT2D eigenvalue weighted by Gasteiger charge is -2.04. The fourth-order valence-electron chi connectivity index (χ4n) is 0.798. The summed E-state index contributed by atoms with van der Waals surface area (Å²) in [5.41, 5.74) is 8.89. The van der Waals surface area contributed by atoms with E-state index in [0.29, 0.717) is 0 Å². The maximum absolute atomic E-state index is 5.74. The van der Waals surface area contributed by atoms with Gasteiger partial charge < -0.3 is 5.73 Å². The van der Waals surface area contributed by atoms with Gasteiger partial charge in [-0.15, -0.1) is 0 Å². The van der Waals surface area contributed by atoms with Crippen LogP contribution in [0.15, 0.2) is 16.6 Å². The van der Waals surface area contributed by atoms with Crippen molar-refractivity contribution in [1.29, 1.82) is 0 Å². The number of rotatable bonds is 0. The molecule has 0 heterocycles. The van der Waals surface area contributed by atoms with Gasteiger partial charge in [0.1, 0.15) is 0 Å². The van der Waals surface area contributed by atoms with Gasteiger partial charge in [-0.2, -0.15) is 0 Å². The summed E-state index contributed by atoms with van der Waals surface area (Å²) in [6.45, 7) is 4.03. The quantitative estimate of drug-likeness (QED) is 0.640. The lowest BCUT2D eigenvalue weighted by Crippen LogP contribution is -1.92. The minimum absolute atomic E-state index is 0.847. The number of benzene rings is 1. The number of nitrogens with two attached hydrogens (primary N) is 1. The highest BCUT2D eigenvalue weighted by molar-refractivity contribution is 9.10. The van der Waals surface area contributed by atoms with E-state index < -0.39 is 0 Å². The Morgan fingerprint density at radius 2 is 1.70 bits per heavy atom. The van der Waals surface area contributed by atoms with Crippen molar-refractivity contribution in [1.82, 2.24) is 0 Å². The Morgan fingerprint density at radius 1 is 1.20 bits per heavy atom. The van der Waals surface area contributed by atoms with E-state index >= 15 is 0 Å². The van der Waals surface area contributed by atoms with Crippen LogP contribution in [-0.4, -0.2) is 0 Å². The maximum atomic E-state index is 5.74. The molecule has 0 aliphatic rings. The molecule has 1 rings (SSSR count). The summed E-state index contributed by atoms with van der Waals surface area (Å²) in [4.78, 5) is 0. The second-order valence-corrected chi connectivity index (χ2v) is 3.22. The van der Waals surface area contributed by atoms with E-state index in [0.717, 1.165) is 15.7 Å². The molecule has 0 atom stereocenters. The second kappa shape index (κ2) is 2.62. The summed E-state index contributed by atoms with van der Waals surface area (Å²) in [6, 6.07) is 4.07. The largest absolute Gasteiger partial charge is 0.398 e. The summed E-state index contributed by atoms with van der Waals surface area (Å²) in [7, 11) is 0. The molecule has 2 N–H and O–H groups in total. The minimum atomic E-state index is 0.847. The normalized spacial score (nSPS) is 9.90. The van der Waals surface area contributed by atoms with Crippen LogP contribution in [0.5, 0.6) is 0 Å². The van der Waals surface area contributed by atoms with Gasteiger partial charge in [0.25, 0.3) is 0 Å². The number of hydrogen-bond donors (Lipinski definition) is 1. The molecule has 0 aliphatic heterocycles. The van der Waals surface area contributed by atoms with Crippen LogP contribution in [-0.2, 0) is 0 Å². The number of hydrogen-bond acceptors (Lipinski definition) is 1. The molecule has 1 nitrogen and oxygen atoms in total. The first kappa shape index (κ1) is 7.61. The van der Waals surface area contributed by atoms with Gasteiger partial charge in [0.15, 0.2) is 0 Å². The van der Waals surface area contributed by atoms with Crippen molar-refractivity contribution in [3.05, 3.63) is 27.7 Å². The Balaban J connectivity index is 3.34. The number of aryl methyl sites for hydroxylation is 2. The molecule has 0 aliphatic carbocycles. The van der Waals surface area contributed by atoms with Crippen molar-refractivity contribution in [2.45, 2.75) is 13.8 Å². The van der Waals surface area contributed by atoms with Gasteiger partial charge in [-0.1, -0.05) is 12.1 Å². The molecular formula is C8H10BrN. The van der Waals surface area contributed by atoms with Gasteiger partial charge in [0.05, 0.1) is 0 Å². The molecule has 0 fully saturated rings. The second-order valence-electron chi connectivity index (χ2n) is 2.43. The Morgan fingerprint density at radius 3 is 2.20 bits per heavy atom. The molecule has 0 unspecified atom stereocenters. The summed E-state index contributed by atoms with van der Waals surface area (Å²) in [5, 5.41) is 0. The Kier molecular flexibility index (Phi) is 2.00. The monoisotopic (exact) mass is 199 g/mol. The SMILES string of the molecule is Cc1ccc(C)c(Br)c1N. The third-order valence-corrected chi connectivity index (χ3v) is 2.64. The maximum Gasteiger partial charge on any atom is 0.0490 e. The van der Waals surface area contributed by atoms with E-state index in [2.05, 4.69) is 22.0 Å². The predicted octanol–water partition coefficient (Wildman–Crippen LogP) is 2.65. The van der Waals surface area contributed by atoms with E-state index in [-0.39, 0.29) is 0 Å². The summed E-state index contributed by atoms with van der Waals surface area (Å²) >= 11 is 3.40. The van der Waals surface area contributed by atoms with E-state index in [1.165, 1.54) is 5.56 Å². The Hall–Kier alpha value is -0.500. The third-order valence-electron chi connectivity index (χ3n) is 1.59. The molecule has 0 saturated carbocycles. The first-order valence-electron chi connectivity index (χ1n) is 3.14. The van der Waals surface area contributed by atoms with Gasteiger partial charge in [0.2, 0.25) is 0 Å². The topological polar surface area (TPSA) is 26.0 Å². The lowest BCUT2D eigenvalue weighted by atomic mass is 10.1. The van der Waals surface area contributed by atoms with E-state index in [9.17, 15) is 0 Å². The highest BCUT2D eigenvalue weighted by Gasteiger charge is 2.00. The van der Waals surface area contributed by atoms with Crippen LogP contribution in [0.1, 0.15) is 11.1 Å². The molecule has 1 aromatic rings. The summed E-state index contributed by atoms with van der Waals surface area (Å²) < 4.78 is 1.02. The van der Waals surface area contributed by atoms with Crippen LogP contribution >= 0.6 is 15.9 Å². The number of nitrogen functional groups attached to an aromatic ring is 1. The minimum Gasteiger partial charge on any atom is -0.398 e. The van der Waals surface area contributed by atoms with Crippen molar-refractivity contribution < 1.29 is 0 Å². The first-order chi connectivity index (χ1) is 4.63. The first-order valence-corrected chi connectivity index (χ1v) is 3.93. The molecule has 0 saturated heterocycles. The predicted molar refractivity (Wildman–Crippen MR) is 48.0 cm³/mol. The van der Waals surface area contributed by atoms with Crippen LogP contribution in [0.2, 0.25) is 0 Å². The van der Waals surface area contributed by atoms with Crippen LogP contribution in [0.3, 0.4) is 0 Å². The standard InChI is InChI=1S/C8H10BrN/c1-5-3-4-6(2)8(10)7(5)9/h3-4H,10H2,1-2H3. The number of anilines is 1. The average molecular weight is 200 g/mol. The molecule has 0 aromatic heterocycles. The third kappa shape index (κ3) is 1.16. The van der Waals surface area contributed by atoms with Crippen LogP contribution < -0.4 is 5.73 Å². The fourth-order valence-corrected chi connectivity index (χ4v) is 1.24. The van der Waals surface area contributed by atoms with E-state index in [1.807, 2.05) is 19.9 Å². The van der Waals surface area contributed by atoms with Crippen LogP contribution in [0.25, 0.3) is 0 Å². The zero-order chi connectivity index (χ0) is 7.72. The zero-order valence-corrected chi connectivity index (χ0v) is 7.70. The molecule has 2 heteroatoms. The van der Waals surface area contributed by atoms with Crippen molar-refractivity contribution >= 4 is 21.6 Å². The lowest BCUT2D eigenvalue weighted by molar-refractivity contribution is 1.37. The molecular weight excluding hydrogens is 190 g/mol. The molecule has 1 aromatic carbocycles. The Labute approximate surface area is 69.4 Å². The van der Waals surface area contributed by atoms with Gasteiger partial charge in [0, 0.05) is 10.2 Å². The molecule has 0 bridgehead atoms. The van der Waals surface area contributed by atoms with Crippen molar-refractivity contribution in [2.75, 3.05) is 5.73 Å². The van der Waals surface area contributed by atoms with E-state index in [1.54, 1.807) is 0 Å². The summed E-state index contributed by atoms with van der Waals surface area (Å²) in [6.07, 6.45) is 0. The van der Waals surface area contributed by atoms with Crippen molar-refractivity contribution in [3.8, 4) is 0 Å². The molecule has 54 valence electrons. The Bertz CT molecular complexity index is 229. The highest BCUT2D eigenvalue weighted by Crippen LogP contribution is 2.25. The van der Waals surface area contributed by atoms with Crippen LogP contribution in [0, 0.1) is 13.8 Å². The average Bonchev–Trinajstić information content (AvgIpc) is 1.93. The van der Waals surface area contributed by atoms with Crippen LogP contribution in [0.4, 0.5) is 5.69 Å². The van der Waals surface area contributed by atoms with Gasteiger partial charge >= 0.3 is 0 Å². The highest BCUT2D eigenvalue weighted by atomic mass is 79.9. The molecule has 10 heavy (non-hydrogen) atoms.